The van der Waals surface area contributed by atoms with Crippen molar-refractivity contribution in [3.05, 3.63) is 126 Å². The maximum absolute atomic E-state index is 7.15. The molecule has 0 spiro atoms. The molecule has 1 unspecified atom stereocenters. The third-order valence-electron chi connectivity index (χ3n) is 8.42. The zero-order chi connectivity index (χ0) is 29.0. The van der Waals surface area contributed by atoms with Crippen molar-refractivity contribution >= 4 is 16.9 Å². The summed E-state index contributed by atoms with van der Waals surface area (Å²) in [7, 11) is 0. The molecule has 3 aromatic carbocycles. The fourth-order valence-corrected chi connectivity index (χ4v) is 6.73. The van der Waals surface area contributed by atoms with Crippen molar-refractivity contribution in [2.75, 3.05) is 12.3 Å². The smallest absolute Gasteiger partial charge is 0.164 e. The Morgan fingerprint density at radius 3 is 2.00 bits per heavy atom. The molecule has 2 saturated heterocycles. The molecule has 5 aromatic rings. The molecular weight excluding hydrogens is 528 g/mol. The van der Waals surface area contributed by atoms with E-state index >= 15 is 0 Å². The minimum Gasteiger partial charge on any atom is -0.382 e. The van der Waals surface area contributed by atoms with Crippen molar-refractivity contribution in [1.82, 2.24) is 15.0 Å². The molecule has 8 heteroatoms. The first-order chi connectivity index (χ1) is 20.3. The van der Waals surface area contributed by atoms with Gasteiger partial charge in [0.15, 0.2) is 11.6 Å². The summed E-state index contributed by atoms with van der Waals surface area (Å²) in [6.07, 6.45) is 2.01. The van der Waals surface area contributed by atoms with Crippen LogP contribution in [0.1, 0.15) is 49.1 Å². The highest BCUT2D eigenvalue weighted by Crippen LogP contribution is 2.54. The summed E-state index contributed by atoms with van der Waals surface area (Å²) in [4.78, 5) is 11.9. The van der Waals surface area contributed by atoms with Crippen LogP contribution in [0.5, 0.6) is 0 Å². The standard InChI is InChI=1S/C34H34N4O4/c1-32(2)41-30-26(40-29(33(30,3)42-32)25-19-36-28-27(25)37-21-38-31(28)35)20-39-34(22-13-7-4-8-14-22,23-15-9-5-10-16-23)24-17-11-6-12-18-24/h4-19,21,26,29-30,36H,20H2,1-3H3,(H2,35,37,38)/t26?,29-,30+,33-/m0/s1. The first-order valence-electron chi connectivity index (χ1n) is 14.2. The second-order valence-corrected chi connectivity index (χ2v) is 11.6. The number of benzene rings is 3. The van der Waals surface area contributed by atoms with Gasteiger partial charge in [0.1, 0.15) is 41.4 Å². The molecule has 0 aliphatic carbocycles. The molecule has 42 heavy (non-hydrogen) atoms. The quantitative estimate of drug-likeness (QED) is 0.238. The van der Waals surface area contributed by atoms with Crippen LogP contribution in [0.3, 0.4) is 0 Å². The zero-order valence-corrected chi connectivity index (χ0v) is 23.9. The predicted octanol–water partition coefficient (Wildman–Crippen LogP) is 5.90. The van der Waals surface area contributed by atoms with Crippen molar-refractivity contribution in [1.29, 1.82) is 0 Å². The van der Waals surface area contributed by atoms with Gasteiger partial charge >= 0.3 is 0 Å². The van der Waals surface area contributed by atoms with Gasteiger partial charge in [0.25, 0.3) is 0 Å². The molecule has 2 aromatic heterocycles. The topological polar surface area (TPSA) is 105 Å². The fourth-order valence-electron chi connectivity index (χ4n) is 6.73. The molecule has 2 aliphatic rings. The predicted molar refractivity (Wildman–Crippen MR) is 160 cm³/mol. The molecule has 0 radical (unpaired) electrons. The normalized spacial score (nSPS) is 25.1. The maximum atomic E-state index is 7.15. The molecular formula is C34H34N4O4. The molecule has 0 bridgehead atoms. The van der Waals surface area contributed by atoms with Crippen molar-refractivity contribution in [2.24, 2.45) is 0 Å². The number of hydrogen-bond acceptors (Lipinski definition) is 7. The lowest BCUT2D eigenvalue weighted by atomic mass is 9.80. The number of H-pyrrole nitrogens is 1. The van der Waals surface area contributed by atoms with E-state index in [1.165, 1.54) is 6.33 Å². The SMILES string of the molecule is CC1(C)O[C@@H]2C(COC(c3ccccc3)(c3ccccc3)c3ccccc3)O[C@@H](c3c[nH]c4c(N)ncnc34)[C@]2(C)O1. The van der Waals surface area contributed by atoms with Crippen molar-refractivity contribution in [3.63, 3.8) is 0 Å². The molecule has 4 atom stereocenters. The van der Waals surface area contributed by atoms with E-state index in [-0.39, 0.29) is 6.61 Å². The van der Waals surface area contributed by atoms with Crippen LogP contribution in [-0.2, 0) is 24.5 Å². The molecule has 2 fully saturated rings. The summed E-state index contributed by atoms with van der Waals surface area (Å²) >= 11 is 0. The Kier molecular flexibility index (Phi) is 6.40. The highest BCUT2D eigenvalue weighted by atomic mass is 16.8. The number of nitrogen functional groups attached to an aromatic ring is 1. The zero-order valence-electron chi connectivity index (χ0n) is 23.9. The third kappa shape index (κ3) is 4.22. The second kappa shape index (κ2) is 10.0. The van der Waals surface area contributed by atoms with E-state index in [9.17, 15) is 0 Å². The van der Waals surface area contributed by atoms with Crippen LogP contribution in [0.2, 0.25) is 0 Å². The van der Waals surface area contributed by atoms with Crippen LogP contribution < -0.4 is 5.73 Å². The van der Waals surface area contributed by atoms with Crippen LogP contribution in [0.25, 0.3) is 11.0 Å². The van der Waals surface area contributed by atoms with Gasteiger partial charge in [-0.1, -0.05) is 91.0 Å². The largest absolute Gasteiger partial charge is 0.382 e. The van der Waals surface area contributed by atoms with E-state index in [0.29, 0.717) is 16.9 Å². The van der Waals surface area contributed by atoms with Crippen LogP contribution in [0.15, 0.2) is 104 Å². The van der Waals surface area contributed by atoms with Gasteiger partial charge in [-0.2, -0.15) is 0 Å². The van der Waals surface area contributed by atoms with Crippen molar-refractivity contribution in [3.8, 4) is 0 Å². The fraction of sp³-hybridized carbons (Fsp3) is 0.294. The number of aromatic nitrogens is 3. The highest BCUT2D eigenvalue weighted by Gasteiger charge is 2.64. The van der Waals surface area contributed by atoms with E-state index in [2.05, 4.69) is 51.4 Å². The monoisotopic (exact) mass is 562 g/mol. The van der Waals surface area contributed by atoms with Crippen molar-refractivity contribution < 1.29 is 18.9 Å². The van der Waals surface area contributed by atoms with Gasteiger partial charge in [-0.25, -0.2) is 9.97 Å². The number of aromatic amines is 1. The van der Waals surface area contributed by atoms with Crippen LogP contribution in [0.4, 0.5) is 5.82 Å². The lowest BCUT2D eigenvalue weighted by Crippen LogP contribution is -2.42. The van der Waals surface area contributed by atoms with Gasteiger partial charge in [-0.05, 0) is 37.5 Å². The van der Waals surface area contributed by atoms with Crippen LogP contribution in [0, 0.1) is 0 Å². The highest BCUT2D eigenvalue weighted by molar-refractivity contribution is 5.87. The Labute approximate surface area is 244 Å². The van der Waals surface area contributed by atoms with Gasteiger partial charge in [-0.15, -0.1) is 0 Å². The van der Waals surface area contributed by atoms with Crippen molar-refractivity contribution in [2.45, 2.75) is 56.1 Å². The van der Waals surface area contributed by atoms with Crippen LogP contribution >= 0.6 is 0 Å². The molecule has 214 valence electrons. The summed E-state index contributed by atoms with van der Waals surface area (Å²) in [6, 6.07) is 30.9. The van der Waals surface area contributed by atoms with Gasteiger partial charge in [0.05, 0.1) is 12.1 Å². The molecule has 3 N–H and O–H groups in total. The van der Waals surface area contributed by atoms with Gasteiger partial charge < -0.3 is 29.7 Å². The summed E-state index contributed by atoms with van der Waals surface area (Å²) in [6.45, 7) is 6.15. The summed E-state index contributed by atoms with van der Waals surface area (Å²) in [5.41, 5.74) is 9.73. The Bertz CT molecular complexity index is 1600. The number of nitrogens with two attached hydrogens (primary N) is 1. The number of anilines is 1. The Balaban J connectivity index is 1.31. The maximum Gasteiger partial charge on any atom is 0.164 e. The lowest BCUT2D eigenvalue weighted by Gasteiger charge is -2.37. The minimum absolute atomic E-state index is 0.244. The van der Waals surface area contributed by atoms with Gasteiger partial charge in [0, 0.05) is 11.8 Å². The molecule has 7 rings (SSSR count). The molecule has 4 heterocycles. The minimum atomic E-state index is -0.890. The molecule has 2 aliphatic heterocycles. The number of rotatable bonds is 7. The Morgan fingerprint density at radius 1 is 0.857 bits per heavy atom. The summed E-state index contributed by atoms with van der Waals surface area (Å²) in [5, 5.41) is 0. The van der Waals surface area contributed by atoms with E-state index in [1.807, 2.05) is 81.6 Å². The third-order valence-corrected chi connectivity index (χ3v) is 8.42. The second-order valence-electron chi connectivity index (χ2n) is 11.6. The van der Waals surface area contributed by atoms with E-state index < -0.39 is 35.3 Å². The number of nitrogens with one attached hydrogen (secondary N) is 1. The average molecular weight is 563 g/mol. The first-order valence-corrected chi connectivity index (χ1v) is 14.2. The Hall–Kier alpha value is -4.08. The van der Waals surface area contributed by atoms with E-state index in [0.717, 1.165) is 22.3 Å². The molecule has 0 saturated carbocycles. The number of fused-ring (bicyclic) bond motifs is 2. The molecule has 0 amide bonds. The lowest BCUT2D eigenvalue weighted by molar-refractivity contribution is -0.210. The number of hydrogen-bond donors (Lipinski definition) is 2. The van der Waals surface area contributed by atoms with E-state index in [1.54, 1.807) is 0 Å². The number of ether oxygens (including phenoxy) is 4. The summed E-state index contributed by atoms with van der Waals surface area (Å²) in [5.74, 6) is -0.428. The van der Waals surface area contributed by atoms with Gasteiger partial charge in [0.2, 0.25) is 0 Å². The van der Waals surface area contributed by atoms with Gasteiger partial charge in [-0.3, -0.25) is 0 Å². The first kappa shape index (κ1) is 26.8. The summed E-state index contributed by atoms with van der Waals surface area (Å²) < 4.78 is 27.1. The van der Waals surface area contributed by atoms with E-state index in [4.69, 9.17) is 24.7 Å². The number of nitrogens with zero attached hydrogens (tertiary/aromatic N) is 2. The Morgan fingerprint density at radius 2 is 1.43 bits per heavy atom. The molecule has 8 nitrogen and oxygen atoms in total. The van der Waals surface area contributed by atoms with Crippen LogP contribution in [-0.4, -0.2) is 45.2 Å². The average Bonchev–Trinajstić information content (AvgIpc) is 3.62.